The summed E-state index contributed by atoms with van der Waals surface area (Å²) in [6.07, 6.45) is 0. The number of carbonyl (C=O) groups is 2. The first-order valence-corrected chi connectivity index (χ1v) is 13.7. The van der Waals surface area contributed by atoms with Crippen LogP contribution in [0, 0.1) is 23.7 Å². The Morgan fingerprint density at radius 2 is 0.909 bits per heavy atom. The highest BCUT2D eigenvalue weighted by molar-refractivity contribution is 5.88. The summed E-state index contributed by atoms with van der Waals surface area (Å²) in [6, 6.07) is 15.9. The van der Waals surface area contributed by atoms with Gasteiger partial charge in [-0.25, -0.2) is 9.59 Å². The molecule has 0 fully saturated rings. The van der Waals surface area contributed by atoms with Crippen LogP contribution in [0.1, 0.15) is 43.0 Å². The van der Waals surface area contributed by atoms with Gasteiger partial charge in [-0.05, 0) is 48.5 Å². The van der Waals surface area contributed by atoms with E-state index >= 15 is 0 Å². The van der Waals surface area contributed by atoms with E-state index in [1.54, 1.807) is 50.6 Å². The third kappa shape index (κ3) is 11.4. The van der Waals surface area contributed by atoms with Crippen molar-refractivity contribution in [3.8, 4) is 35.2 Å². The number of rotatable bonds is 16. The van der Waals surface area contributed by atoms with E-state index in [0.717, 1.165) is 0 Å². The Bertz CT molecular complexity index is 1370. The minimum Gasteiger partial charge on any atom is -0.490 e. The molecule has 3 aromatic carbocycles. The first kappa shape index (κ1) is 33.7. The van der Waals surface area contributed by atoms with Crippen molar-refractivity contribution in [2.45, 2.75) is 0 Å². The lowest BCUT2D eigenvalue weighted by Crippen LogP contribution is -2.12. The summed E-state index contributed by atoms with van der Waals surface area (Å²) >= 11 is 0. The van der Waals surface area contributed by atoms with Crippen LogP contribution < -0.4 is 9.47 Å². The van der Waals surface area contributed by atoms with E-state index in [-0.39, 0.29) is 24.3 Å². The summed E-state index contributed by atoms with van der Waals surface area (Å²) in [6.45, 7) is 2.90. The lowest BCUT2D eigenvalue weighted by Gasteiger charge is -2.14. The van der Waals surface area contributed by atoms with Crippen LogP contribution in [-0.4, -0.2) is 89.2 Å². The van der Waals surface area contributed by atoms with Crippen LogP contribution in [0.2, 0.25) is 0 Å². The second-order valence-electron chi connectivity index (χ2n) is 9.02. The van der Waals surface area contributed by atoms with Gasteiger partial charge in [-0.1, -0.05) is 23.7 Å². The monoisotopic (exact) mass is 602 g/mol. The Morgan fingerprint density at radius 3 is 1.25 bits per heavy atom. The summed E-state index contributed by atoms with van der Waals surface area (Å²) in [5, 5.41) is 18.4. The molecular formula is C34H34O10. The Labute approximate surface area is 256 Å². The maximum Gasteiger partial charge on any atom is 0.335 e. The highest BCUT2D eigenvalue weighted by Gasteiger charge is 2.12. The molecule has 0 aliphatic heterocycles. The van der Waals surface area contributed by atoms with Crippen molar-refractivity contribution in [2.24, 2.45) is 0 Å². The molecule has 230 valence electrons. The van der Waals surface area contributed by atoms with Crippen molar-refractivity contribution < 1.29 is 48.2 Å². The highest BCUT2D eigenvalue weighted by Crippen LogP contribution is 2.29. The molecule has 10 heteroatoms. The van der Waals surface area contributed by atoms with E-state index in [4.69, 9.17) is 28.4 Å². The Morgan fingerprint density at radius 1 is 0.545 bits per heavy atom. The van der Waals surface area contributed by atoms with E-state index in [1.165, 1.54) is 24.3 Å². The van der Waals surface area contributed by atoms with Gasteiger partial charge in [0.25, 0.3) is 0 Å². The predicted octanol–water partition coefficient (Wildman–Crippen LogP) is 3.97. The first-order valence-electron chi connectivity index (χ1n) is 13.7. The highest BCUT2D eigenvalue weighted by atomic mass is 16.5. The molecule has 3 aromatic rings. The molecule has 0 aliphatic rings. The minimum absolute atomic E-state index is 0.164. The average Bonchev–Trinajstić information content (AvgIpc) is 3.03. The SMILES string of the molecule is COCCOCCOc1cc(C#Cc2ccc(C(=O)O)cc2)c(OCCOCCOC)cc1C#Cc1ccc(C(=O)O)cc1. The molecule has 0 saturated carbocycles. The van der Waals surface area contributed by atoms with Gasteiger partial charge in [0, 0.05) is 37.5 Å². The van der Waals surface area contributed by atoms with Crippen molar-refractivity contribution >= 4 is 11.9 Å². The van der Waals surface area contributed by atoms with Crippen molar-refractivity contribution in [1.29, 1.82) is 0 Å². The van der Waals surface area contributed by atoms with E-state index in [2.05, 4.69) is 23.7 Å². The summed E-state index contributed by atoms with van der Waals surface area (Å²) in [5.74, 6) is 11.2. The summed E-state index contributed by atoms with van der Waals surface area (Å²) in [5.41, 5.74) is 2.61. The number of hydrogen-bond donors (Lipinski definition) is 2. The van der Waals surface area contributed by atoms with Crippen molar-refractivity contribution in [3.05, 3.63) is 94.0 Å². The van der Waals surface area contributed by atoms with E-state index in [0.29, 0.717) is 73.4 Å². The predicted molar refractivity (Wildman–Crippen MR) is 162 cm³/mol. The molecule has 0 spiro atoms. The maximum absolute atomic E-state index is 11.2. The minimum atomic E-state index is -1.02. The van der Waals surface area contributed by atoms with Gasteiger partial charge in [0.2, 0.25) is 0 Å². The van der Waals surface area contributed by atoms with Gasteiger partial charge >= 0.3 is 11.9 Å². The molecule has 0 atom stereocenters. The molecule has 2 N–H and O–H groups in total. The molecule has 0 radical (unpaired) electrons. The quantitative estimate of drug-likeness (QED) is 0.184. The lowest BCUT2D eigenvalue weighted by atomic mass is 10.1. The van der Waals surface area contributed by atoms with Crippen LogP contribution in [0.25, 0.3) is 0 Å². The Hall–Kier alpha value is -4.84. The zero-order chi connectivity index (χ0) is 31.6. The van der Waals surface area contributed by atoms with Gasteiger partial charge in [-0.2, -0.15) is 0 Å². The zero-order valence-corrected chi connectivity index (χ0v) is 24.6. The van der Waals surface area contributed by atoms with Gasteiger partial charge in [0.15, 0.2) is 0 Å². The van der Waals surface area contributed by atoms with E-state index in [9.17, 15) is 19.8 Å². The molecule has 0 unspecified atom stereocenters. The Kier molecular flexibility index (Phi) is 14.3. The topological polar surface area (TPSA) is 130 Å². The fourth-order valence-corrected chi connectivity index (χ4v) is 3.58. The number of carboxylic acids is 2. The van der Waals surface area contributed by atoms with Gasteiger partial charge in [0.05, 0.1) is 61.9 Å². The third-order valence-corrected chi connectivity index (χ3v) is 5.86. The summed E-state index contributed by atoms with van der Waals surface area (Å²) < 4.78 is 33.1. The molecule has 0 saturated heterocycles. The molecule has 0 bridgehead atoms. The fourth-order valence-electron chi connectivity index (χ4n) is 3.58. The van der Waals surface area contributed by atoms with Gasteiger partial charge in [-0.3, -0.25) is 0 Å². The smallest absolute Gasteiger partial charge is 0.335 e. The number of ether oxygens (including phenoxy) is 6. The van der Waals surface area contributed by atoms with Crippen LogP contribution in [0.5, 0.6) is 11.5 Å². The summed E-state index contributed by atoms with van der Waals surface area (Å²) in [4.78, 5) is 22.4. The molecule has 3 rings (SSSR count). The maximum atomic E-state index is 11.2. The largest absolute Gasteiger partial charge is 0.490 e. The number of aromatic carboxylic acids is 2. The van der Waals surface area contributed by atoms with Crippen LogP contribution in [0.3, 0.4) is 0 Å². The second kappa shape index (κ2) is 18.6. The molecule has 0 heterocycles. The van der Waals surface area contributed by atoms with Crippen molar-refractivity contribution in [2.75, 3.05) is 67.1 Å². The van der Waals surface area contributed by atoms with Crippen molar-refractivity contribution in [3.63, 3.8) is 0 Å². The third-order valence-electron chi connectivity index (χ3n) is 5.86. The molecule has 10 nitrogen and oxygen atoms in total. The number of benzene rings is 3. The second-order valence-corrected chi connectivity index (χ2v) is 9.02. The zero-order valence-electron chi connectivity index (χ0n) is 24.6. The number of methoxy groups -OCH3 is 2. The molecular weight excluding hydrogens is 568 g/mol. The van der Waals surface area contributed by atoms with Crippen molar-refractivity contribution in [1.82, 2.24) is 0 Å². The van der Waals surface area contributed by atoms with Gasteiger partial charge < -0.3 is 38.6 Å². The summed E-state index contributed by atoms with van der Waals surface area (Å²) in [7, 11) is 3.19. The average molecular weight is 603 g/mol. The van der Waals surface area contributed by atoms with Crippen LogP contribution in [0.4, 0.5) is 0 Å². The van der Waals surface area contributed by atoms with Crippen LogP contribution in [-0.2, 0) is 18.9 Å². The standard InChI is InChI=1S/C34H34O10/c1-39-15-17-41-19-21-43-31-23-30(14-8-26-5-11-28(12-6-26)34(37)38)32(44-22-20-42-18-16-40-2)24-29(31)13-7-25-3-9-27(10-4-25)33(35)36/h3-6,9-12,23-24H,15-22H2,1-2H3,(H,35,36)(H,37,38). The molecule has 0 aromatic heterocycles. The van der Waals surface area contributed by atoms with Crippen LogP contribution in [0.15, 0.2) is 60.7 Å². The van der Waals surface area contributed by atoms with E-state index < -0.39 is 11.9 Å². The number of hydrogen-bond acceptors (Lipinski definition) is 8. The van der Waals surface area contributed by atoms with E-state index in [1.807, 2.05) is 0 Å². The van der Waals surface area contributed by atoms with Gasteiger partial charge in [-0.15, -0.1) is 0 Å². The molecule has 0 aliphatic carbocycles. The van der Waals surface area contributed by atoms with Crippen LogP contribution >= 0.6 is 0 Å². The first-order chi connectivity index (χ1) is 21.4. The molecule has 44 heavy (non-hydrogen) atoms. The Balaban J connectivity index is 1.95. The fraction of sp³-hybridized carbons (Fsp3) is 0.294. The van der Waals surface area contributed by atoms with Gasteiger partial charge in [0.1, 0.15) is 24.7 Å². The normalized spacial score (nSPS) is 10.2. The molecule has 0 amide bonds. The number of carboxylic acid groups (broad SMARTS) is 2. The lowest BCUT2D eigenvalue weighted by molar-refractivity contribution is 0.0538.